The maximum absolute atomic E-state index is 8.92. The first-order valence-electron chi connectivity index (χ1n) is 7.89. The Labute approximate surface area is 127 Å². The van der Waals surface area contributed by atoms with Crippen LogP contribution in [0.2, 0.25) is 0 Å². The predicted molar refractivity (Wildman–Crippen MR) is 85.7 cm³/mol. The molecule has 1 aromatic carbocycles. The van der Waals surface area contributed by atoms with Crippen molar-refractivity contribution >= 4 is 0 Å². The van der Waals surface area contributed by atoms with Gasteiger partial charge in [-0.2, -0.15) is 5.26 Å². The van der Waals surface area contributed by atoms with Gasteiger partial charge in [0.25, 0.3) is 0 Å². The molecule has 1 heterocycles. The highest BCUT2D eigenvalue weighted by atomic mass is 15.2. The summed E-state index contributed by atoms with van der Waals surface area (Å²) >= 11 is 0. The smallest absolute Gasteiger partial charge is 0.0991 e. The lowest BCUT2D eigenvalue weighted by Crippen LogP contribution is -2.46. The highest BCUT2D eigenvalue weighted by Gasteiger charge is 2.21. The molecular formula is C17H26N4. The van der Waals surface area contributed by atoms with Crippen LogP contribution in [0, 0.1) is 11.3 Å². The number of hydrogen-bond donors (Lipinski definition) is 2. The molecule has 1 aromatic rings. The Morgan fingerprint density at radius 1 is 1.43 bits per heavy atom. The van der Waals surface area contributed by atoms with Crippen molar-refractivity contribution in [3.8, 4) is 6.07 Å². The van der Waals surface area contributed by atoms with Crippen LogP contribution in [0.25, 0.3) is 0 Å². The largest absolute Gasteiger partial charge is 0.330 e. The molecule has 1 unspecified atom stereocenters. The molecule has 21 heavy (non-hydrogen) atoms. The van der Waals surface area contributed by atoms with Gasteiger partial charge >= 0.3 is 0 Å². The number of piperidine rings is 1. The van der Waals surface area contributed by atoms with Gasteiger partial charge in [-0.25, -0.2) is 0 Å². The van der Waals surface area contributed by atoms with Crippen LogP contribution in [0.1, 0.15) is 37.3 Å². The van der Waals surface area contributed by atoms with Crippen molar-refractivity contribution in [2.75, 3.05) is 19.6 Å². The van der Waals surface area contributed by atoms with E-state index in [1.165, 1.54) is 18.4 Å². The van der Waals surface area contributed by atoms with E-state index in [4.69, 9.17) is 11.0 Å². The highest BCUT2D eigenvalue weighted by Crippen LogP contribution is 2.15. The predicted octanol–water partition coefficient (Wildman–Crippen LogP) is 1.85. The number of nitriles is 1. The molecule has 114 valence electrons. The molecule has 1 aliphatic rings. The van der Waals surface area contributed by atoms with E-state index in [1.807, 2.05) is 18.2 Å². The third-order valence-corrected chi connectivity index (χ3v) is 4.39. The Balaban J connectivity index is 1.75. The molecule has 1 aliphatic heterocycles. The van der Waals surface area contributed by atoms with Crippen molar-refractivity contribution in [1.29, 1.82) is 5.26 Å². The normalized spacial score (nSPS) is 18.3. The Hall–Kier alpha value is -1.41. The zero-order valence-electron chi connectivity index (χ0n) is 12.9. The van der Waals surface area contributed by atoms with Crippen molar-refractivity contribution in [3.63, 3.8) is 0 Å². The second-order valence-corrected chi connectivity index (χ2v) is 5.93. The average molecular weight is 286 g/mol. The third-order valence-electron chi connectivity index (χ3n) is 4.39. The van der Waals surface area contributed by atoms with Gasteiger partial charge < -0.3 is 16.0 Å². The van der Waals surface area contributed by atoms with Crippen LogP contribution in [0.4, 0.5) is 0 Å². The minimum Gasteiger partial charge on any atom is -0.330 e. The minimum absolute atomic E-state index is 0.581. The molecule has 1 fully saturated rings. The van der Waals surface area contributed by atoms with Crippen molar-refractivity contribution in [1.82, 2.24) is 10.2 Å². The van der Waals surface area contributed by atoms with Gasteiger partial charge in [0.1, 0.15) is 0 Å². The van der Waals surface area contributed by atoms with Crippen molar-refractivity contribution in [3.05, 3.63) is 35.4 Å². The number of hydrogen-bond acceptors (Lipinski definition) is 4. The van der Waals surface area contributed by atoms with Crippen LogP contribution >= 0.6 is 0 Å². The molecule has 1 saturated heterocycles. The Morgan fingerprint density at radius 3 is 2.86 bits per heavy atom. The number of rotatable bonds is 6. The van der Waals surface area contributed by atoms with Gasteiger partial charge in [-0.3, -0.25) is 0 Å². The van der Waals surface area contributed by atoms with Gasteiger partial charge in [-0.15, -0.1) is 0 Å². The van der Waals surface area contributed by atoms with Gasteiger partial charge in [-0.1, -0.05) is 12.1 Å². The molecular weight excluding hydrogens is 260 g/mol. The summed E-state index contributed by atoms with van der Waals surface area (Å²) in [4.78, 5) is 2.54. The van der Waals surface area contributed by atoms with Crippen molar-refractivity contribution in [2.45, 2.75) is 44.8 Å². The average Bonchev–Trinajstić information content (AvgIpc) is 2.54. The Bertz CT molecular complexity index is 472. The molecule has 3 N–H and O–H groups in total. The SMILES string of the molecule is CC(CCN)N1CCC(NCc2cccc(C#N)c2)CC1. The van der Waals surface area contributed by atoms with Crippen molar-refractivity contribution < 1.29 is 0 Å². The zero-order valence-corrected chi connectivity index (χ0v) is 12.9. The molecule has 0 aliphatic carbocycles. The molecule has 0 bridgehead atoms. The fourth-order valence-electron chi connectivity index (χ4n) is 2.98. The standard InChI is InChI=1S/C17H26N4/c1-14(5-8-18)21-9-6-17(7-10-21)20-13-16-4-2-3-15(11-16)12-19/h2-4,11,14,17,20H,5-10,13,18H2,1H3. The van der Waals surface area contributed by atoms with Gasteiger partial charge in [0.15, 0.2) is 0 Å². The summed E-state index contributed by atoms with van der Waals surface area (Å²) < 4.78 is 0. The Kier molecular flexibility index (Phi) is 6.19. The van der Waals surface area contributed by atoms with Gasteiger partial charge in [0.2, 0.25) is 0 Å². The molecule has 2 rings (SSSR count). The topological polar surface area (TPSA) is 65.1 Å². The fourth-order valence-corrected chi connectivity index (χ4v) is 2.98. The Morgan fingerprint density at radius 2 is 2.19 bits per heavy atom. The molecule has 0 spiro atoms. The molecule has 1 atom stereocenters. The van der Waals surface area contributed by atoms with Gasteiger partial charge in [-0.05, 0) is 63.5 Å². The van der Waals surface area contributed by atoms with E-state index in [1.54, 1.807) is 0 Å². The summed E-state index contributed by atoms with van der Waals surface area (Å²) in [5, 5.41) is 12.5. The summed E-state index contributed by atoms with van der Waals surface area (Å²) in [5.41, 5.74) is 7.56. The van der Waals surface area contributed by atoms with Crippen LogP contribution in [-0.4, -0.2) is 36.6 Å². The summed E-state index contributed by atoms with van der Waals surface area (Å²) in [6.45, 7) is 6.19. The molecule has 0 radical (unpaired) electrons. The van der Waals surface area contributed by atoms with Gasteiger partial charge in [0.05, 0.1) is 11.6 Å². The molecule has 0 aromatic heterocycles. The quantitative estimate of drug-likeness (QED) is 0.837. The summed E-state index contributed by atoms with van der Waals surface area (Å²) in [6, 6.07) is 11.2. The number of benzene rings is 1. The monoisotopic (exact) mass is 286 g/mol. The first kappa shape index (κ1) is 16.0. The summed E-state index contributed by atoms with van der Waals surface area (Å²) in [6.07, 6.45) is 3.46. The fraction of sp³-hybridized carbons (Fsp3) is 0.588. The van der Waals surface area contributed by atoms with Crippen LogP contribution < -0.4 is 11.1 Å². The first-order chi connectivity index (χ1) is 10.2. The van der Waals surface area contributed by atoms with Crippen molar-refractivity contribution in [2.24, 2.45) is 5.73 Å². The lowest BCUT2D eigenvalue weighted by molar-refractivity contribution is 0.147. The second-order valence-electron chi connectivity index (χ2n) is 5.93. The summed E-state index contributed by atoms with van der Waals surface area (Å²) in [5.74, 6) is 0. The maximum Gasteiger partial charge on any atom is 0.0991 e. The number of likely N-dealkylation sites (tertiary alicyclic amines) is 1. The van der Waals surface area contributed by atoms with E-state index in [-0.39, 0.29) is 0 Å². The van der Waals surface area contributed by atoms with Crippen LogP contribution in [0.3, 0.4) is 0 Å². The van der Waals surface area contributed by atoms with E-state index in [2.05, 4.69) is 29.3 Å². The first-order valence-corrected chi connectivity index (χ1v) is 7.89. The number of nitrogens with zero attached hydrogens (tertiary/aromatic N) is 2. The molecule has 4 heteroatoms. The second kappa shape index (κ2) is 8.14. The lowest BCUT2D eigenvalue weighted by atomic mass is 10.0. The third kappa shape index (κ3) is 4.82. The van der Waals surface area contributed by atoms with E-state index in [0.717, 1.165) is 38.2 Å². The molecule has 4 nitrogen and oxygen atoms in total. The lowest BCUT2D eigenvalue weighted by Gasteiger charge is -2.36. The minimum atomic E-state index is 0.581. The van der Waals surface area contributed by atoms with E-state index in [9.17, 15) is 0 Å². The molecule has 0 saturated carbocycles. The highest BCUT2D eigenvalue weighted by molar-refractivity contribution is 5.32. The van der Waals surface area contributed by atoms with Crippen LogP contribution in [0.15, 0.2) is 24.3 Å². The van der Waals surface area contributed by atoms with E-state index in [0.29, 0.717) is 12.1 Å². The van der Waals surface area contributed by atoms with Crippen LogP contribution in [-0.2, 0) is 6.54 Å². The zero-order chi connectivity index (χ0) is 15.1. The maximum atomic E-state index is 8.92. The number of nitrogens with two attached hydrogens (primary N) is 1. The van der Waals surface area contributed by atoms with E-state index >= 15 is 0 Å². The summed E-state index contributed by atoms with van der Waals surface area (Å²) in [7, 11) is 0. The van der Waals surface area contributed by atoms with Crippen LogP contribution in [0.5, 0.6) is 0 Å². The van der Waals surface area contributed by atoms with E-state index < -0.39 is 0 Å². The van der Waals surface area contributed by atoms with Gasteiger partial charge in [0, 0.05) is 18.6 Å². The number of nitrogens with one attached hydrogen (secondary N) is 1. The molecule has 0 amide bonds.